The minimum Gasteiger partial charge on any atom is -0.394 e. The Hall–Kier alpha value is -2.57. The molecular formula is C72H129NO13. The maximum absolute atomic E-state index is 13.3. The highest BCUT2D eigenvalue weighted by Crippen LogP contribution is 2.30. The summed E-state index contributed by atoms with van der Waals surface area (Å²) in [7, 11) is 0. The van der Waals surface area contributed by atoms with Crippen molar-refractivity contribution in [2.45, 2.75) is 357 Å². The summed E-state index contributed by atoms with van der Waals surface area (Å²) >= 11 is 0. The van der Waals surface area contributed by atoms with E-state index in [0.717, 1.165) is 57.8 Å². The Morgan fingerprint density at radius 1 is 0.430 bits per heavy atom. The van der Waals surface area contributed by atoms with Crippen molar-refractivity contribution >= 4 is 5.91 Å². The van der Waals surface area contributed by atoms with Crippen molar-refractivity contribution in [2.75, 3.05) is 19.8 Å². The average molecular weight is 1220 g/mol. The van der Waals surface area contributed by atoms with Gasteiger partial charge in [-0.1, -0.05) is 279 Å². The molecule has 12 unspecified atom stereocenters. The molecule has 0 aromatic rings. The number of nitrogens with one attached hydrogen (secondary N) is 1. The summed E-state index contributed by atoms with van der Waals surface area (Å²) < 4.78 is 22.8. The van der Waals surface area contributed by atoms with Crippen LogP contribution in [-0.2, 0) is 23.7 Å². The van der Waals surface area contributed by atoms with Gasteiger partial charge in [0.25, 0.3) is 0 Å². The van der Waals surface area contributed by atoms with Gasteiger partial charge in [-0.05, 0) is 70.6 Å². The van der Waals surface area contributed by atoms with Crippen molar-refractivity contribution in [3.63, 3.8) is 0 Å². The largest absolute Gasteiger partial charge is 0.394 e. The van der Waals surface area contributed by atoms with Gasteiger partial charge in [-0.15, -0.1) is 0 Å². The molecule has 0 aromatic carbocycles. The highest BCUT2D eigenvalue weighted by Gasteiger charge is 2.51. The predicted molar refractivity (Wildman–Crippen MR) is 350 cm³/mol. The Morgan fingerprint density at radius 3 is 1.28 bits per heavy atom. The molecule has 2 aliphatic heterocycles. The molecule has 9 N–H and O–H groups in total. The van der Waals surface area contributed by atoms with Crippen LogP contribution in [0.5, 0.6) is 0 Å². The van der Waals surface area contributed by atoms with Crippen molar-refractivity contribution in [1.29, 1.82) is 0 Å². The number of ether oxygens (including phenoxy) is 4. The van der Waals surface area contributed by atoms with E-state index < -0.39 is 86.8 Å². The summed E-state index contributed by atoms with van der Waals surface area (Å²) in [5, 5.41) is 87.2. The number of amides is 1. The molecule has 2 rings (SSSR count). The molecule has 0 bridgehead atoms. The number of aliphatic hydroxyl groups excluding tert-OH is 8. The van der Waals surface area contributed by atoms with Crippen molar-refractivity contribution in [1.82, 2.24) is 5.32 Å². The number of carbonyl (C=O) groups excluding carboxylic acids is 1. The lowest BCUT2D eigenvalue weighted by Gasteiger charge is -2.46. The number of rotatable bonds is 57. The quantitative estimate of drug-likeness (QED) is 0.0204. The van der Waals surface area contributed by atoms with Gasteiger partial charge in [0.2, 0.25) is 5.91 Å². The summed E-state index contributed by atoms with van der Waals surface area (Å²) in [6.45, 7) is 2.68. The summed E-state index contributed by atoms with van der Waals surface area (Å²) in [6, 6.07) is -0.932. The van der Waals surface area contributed by atoms with Crippen LogP contribution >= 0.6 is 0 Å². The first kappa shape index (κ1) is 79.5. The van der Waals surface area contributed by atoms with Gasteiger partial charge < -0.3 is 65.1 Å². The van der Waals surface area contributed by atoms with Crippen LogP contribution in [0.1, 0.15) is 284 Å². The van der Waals surface area contributed by atoms with E-state index in [1.165, 1.54) is 193 Å². The molecule has 0 saturated carbocycles. The zero-order valence-electron chi connectivity index (χ0n) is 54.3. The number of allylic oxidation sites excluding steroid dienone is 11. The number of aliphatic hydroxyl groups is 8. The van der Waals surface area contributed by atoms with Gasteiger partial charge in [0.15, 0.2) is 12.6 Å². The second-order valence-corrected chi connectivity index (χ2v) is 24.6. The molecule has 500 valence electrons. The molecule has 1 amide bonds. The minimum absolute atomic E-state index is 0.246. The van der Waals surface area contributed by atoms with Crippen LogP contribution in [-0.4, -0.2) is 140 Å². The highest BCUT2D eigenvalue weighted by molar-refractivity contribution is 5.76. The Labute approximate surface area is 523 Å². The molecule has 2 aliphatic rings. The van der Waals surface area contributed by atoms with E-state index in [0.29, 0.717) is 12.8 Å². The maximum Gasteiger partial charge on any atom is 0.220 e. The molecule has 0 aromatic heterocycles. The Balaban J connectivity index is 1.59. The standard InChI is InChI=1S/C72H129NO13/c1-3-5-7-9-11-13-15-17-19-20-21-22-23-24-25-26-27-28-29-30-31-32-33-34-35-36-37-38-39-40-42-44-46-48-50-52-54-56-64(77)73-60(61(76)55-53-51-49-47-45-43-41-18-16-14-12-10-8-6-4-2)59-83-71-69(82)67(80)70(63(58-75)85-71)86-72-68(81)66(79)65(78)62(57-74)84-72/h5,7,11,13,17,19,21-22,45,47,53,55,60-63,65-72,74-76,78-82H,3-4,6,8-10,12,14-16,18,20,23-44,46,48-52,54,56-59H2,1-2H3,(H,73,77)/b7-5-,13-11-,19-17-,22-21-,47-45+,55-53+. The zero-order chi connectivity index (χ0) is 62.3. The van der Waals surface area contributed by atoms with E-state index in [1.807, 2.05) is 6.08 Å². The minimum atomic E-state index is -1.79. The SMILES string of the molecule is CC/C=C\C/C=C\C/C=C\C/C=C\CCCCCCCCCCCCCCCCCCCCCCCCCCC(=O)NC(COC1OC(CO)C(OC2OC(CO)C(O)C(O)C2O)C(O)C1O)C(O)/C=C/CC/C=C/CCCCCCCCCCC. The van der Waals surface area contributed by atoms with Gasteiger partial charge in [-0.3, -0.25) is 4.79 Å². The van der Waals surface area contributed by atoms with Gasteiger partial charge in [0.05, 0.1) is 32.0 Å². The third-order valence-corrected chi connectivity index (χ3v) is 16.9. The van der Waals surface area contributed by atoms with Gasteiger partial charge >= 0.3 is 0 Å². The van der Waals surface area contributed by atoms with E-state index in [4.69, 9.17) is 18.9 Å². The normalized spacial score (nSPS) is 23.8. The molecule has 2 heterocycles. The lowest BCUT2D eigenvalue weighted by Crippen LogP contribution is -2.65. The fourth-order valence-electron chi connectivity index (χ4n) is 11.3. The number of unbranched alkanes of at least 4 members (excludes halogenated alkanes) is 34. The van der Waals surface area contributed by atoms with Crippen molar-refractivity contribution in [2.24, 2.45) is 0 Å². The molecular weight excluding hydrogens is 1090 g/mol. The van der Waals surface area contributed by atoms with Crippen molar-refractivity contribution in [3.8, 4) is 0 Å². The second-order valence-electron chi connectivity index (χ2n) is 24.6. The molecule has 12 atom stereocenters. The zero-order valence-corrected chi connectivity index (χ0v) is 54.3. The third-order valence-electron chi connectivity index (χ3n) is 16.9. The summed E-state index contributed by atoms with van der Waals surface area (Å²) in [5.74, 6) is -0.246. The topological polar surface area (TPSA) is 228 Å². The average Bonchev–Trinajstić information content (AvgIpc) is 1.83. The fourth-order valence-corrected chi connectivity index (χ4v) is 11.3. The number of carbonyl (C=O) groups is 1. The molecule has 2 saturated heterocycles. The van der Waals surface area contributed by atoms with Crippen LogP contribution in [0.15, 0.2) is 72.9 Å². The molecule has 86 heavy (non-hydrogen) atoms. The first-order valence-electron chi connectivity index (χ1n) is 35.2. The smallest absolute Gasteiger partial charge is 0.220 e. The Kier molecular flexibility index (Phi) is 52.2. The number of hydrogen-bond donors (Lipinski definition) is 9. The number of hydrogen-bond acceptors (Lipinski definition) is 13. The molecule has 14 nitrogen and oxygen atoms in total. The van der Waals surface area contributed by atoms with Gasteiger partial charge in [0.1, 0.15) is 48.8 Å². The van der Waals surface area contributed by atoms with Crippen LogP contribution in [0.3, 0.4) is 0 Å². The van der Waals surface area contributed by atoms with E-state index >= 15 is 0 Å². The third kappa shape index (κ3) is 40.2. The van der Waals surface area contributed by atoms with Crippen LogP contribution in [0.4, 0.5) is 0 Å². The maximum atomic E-state index is 13.3. The van der Waals surface area contributed by atoms with Gasteiger partial charge in [0, 0.05) is 6.42 Å². The Bertz CT molecular complexity index is 1720. The van der Waals surface area contributed by atoms with Gasteiger partial charge in [-0.25, -0.2) is 0 Å². The summed E-state index contributed by atoms with van der Waals surface area (Å²) in [6.07, 6.45) is 59.8. The molecule has 14 heteroatoms. The first-order valence-corrected chi connectivity index (χ1v) is 35.2. The molecule has 0 radical (unpaired) electrons. The molecule has 0 aliphatic carbocycles. The fraction of sp³-hybridized carbons (Fsp3) is 0.819. The summed E-state index contributed by atoms with van der Waals surface area (Å²) in [4.78, 5) is 13.3. The molecule has 2 fully saturated rings. The Morgan fingerprint density at radius 2 is 0.814 bits per heavy atom. The van der Waals surface area contributed by atoms with Crippen LogP contribution in [0.25, 0.3) is 0 Å². The van der Waals surface area contributed by atoms with Crippen molar-refractivity contribution < 1.29 is 64.6 Å². The van der Waals surface area contributed by atoms with E-state index in [9.17, 15) is 45.6 Å². The lowest BCUT2D eigenvalue weighted by atomic mass is 9.97. The predicted octanol–water partition coefficient (Wildman–Crippen LogP) is 14.2. The van der Waals surface area contributed by atoms with Crippen LogP contribution in [0, 0.1) is 0 Å². The first-order chi connectivity index (χ1) is 42.1. The van der Waals surface area contributed by atoms with E-state index in [-0.39, 0.29) is 18.9 Å². The van der Waals surface area contributed by atoms with Crippen molar-refractivity contribution in [3.05, 3.63) is 72.9 Å². The van der Waals surface area contributed by atoms with E-state index in [2.05, 4.69) is 79.9 Å². The molecule has 0 spiro atoms. The van der Waals surface area contributed by atoms with Gasteiger partial charge in [-0.2, -0.15) is 0 Å². The second kappa shape index (κ2) is 56.4. The van der Waals surface area contributed by atoms with E-state index in [1.54, 1.807) is 6.08 Å². The van der Waals surface area contributed by atoms with Crippen LogP contribution < -0.4 is 5.32 Å². The lowest BCUT2D eigenvalue weighted by molar-refractivity contribution is -0.359. The highest BCUT2D eigenvalue weighted by atomic mass is 16.7. The van der Waals surface area contributed by atoms with Crippen LogP contribution in [0.2, 0.25) is 0 Å². The monoisotopic (exact) mass is 1220 g/mol. The summed E-state index contributed by atoms with van der Waals surface area (Å²) in [5.41, 5.74) is 0.